The number of benzene rings is 2. The van der Waals surface area contributed by atoms with Crippen molar-refractivity contribution >= 4 is 0 Å². The van der Waals surface area contributed by atoms with Crippen LogP contribution in [0.3, 0.4) is 0 Å². The molecule has 0 fully saturated rings. The van der Waals surface area contributed by atoms with Crippen molar-refractivity contribution in [1.82, 2.24) is 10.3 Å². The van der Waals surface area contributed by atoms with E-state index in [0.717, 1.165) is 17.7 Å². The van der Waals surface area contributed by atoms with Gasteiger partial charge in [0.1, 0.15) is 5.75 Å². The van der Waals surface area contributed by atoms with Crippen molar-refractivity contribution in [2.75, 3.05) is 0 Å². The molecule has 2 N–H and O–H groups in total. The first-order valence-electron chi connectivity index (χ1n) is 7.74. The van der Waals surface area contributed by atoms with Crippen LogP contribution in [0.5, 0.6) is 5.75 Å². The molecule has 0 aliphatic rings. The van der Waals surface area contributed by atoms with Crippen molar-refractivity contribution in [3.63, 3.8) is 0 Å². The Morgan fingerprint density at radius 1 is 1.00 bits per heavy atom. The van der Waals surface area contributed by atoms with E-state index in [9.17, 15) is 5.11 Å². The molecule has 0 unspecified atom stereocenters. The Kier molecular flexibility index (Phi) is 4.69. The third kappa shape index (κ3) is 3.96. The standard InChI is InChI=1S/C20H20N2O/c1-15(17-6-3-9-20(23)12-17)22-13-16-5-2-7-18(11-16)19-8-4-10-21-14-19/h2-12,14-15,22-23H,13H2,1H3/t15-/m0/s1. The van der Waals surface area contributed by atoms with E-state index in [1.165, 1.54) is 11.1 Å². The summed E-state index contributed by atoms with van der Waals surface area (Å²) < 4.78 is 0. The number of aromatic hydroxyl groups is 1. The maximum Gasteiger partial charge on any atom is 0.115 e. The summed E-state index contributed by atoms with van der Waals surface area (Å²) in [5, 5.41) is 13.1. The Balaban J connectivity index is 1.69. The number of rotatable bonds is 5. The average Bonchev–Trinajstić information content (AvgIpc) is 2.61. The van der Waals surface area contributed by atoms with Gasteiger partial charge in [-0.05, 0) is 53.4 Å². The molecule has 0 aliphatic heterocycles. The second kappa shape index (κ2) is 7.07. The fraction of sp³-hybridized carbons (Fsp3) is 0.150. The van der Waals surface area contributed by atoms with Crippen molar-refractivity contribution in [3.8, 4) is 16.9 Å². The van der Waals surface area contributed by atoms with Gasteiger partial charge in [0, 0.05) is 25.0 Å². The number of nitrogens with one attached hydrogen (secondary N) is 1. The molecule has 0 radical (unpaired) electrons. The van der Waals surface area contributed by atoms with Gasteiger partial charge in [0.15, 0.2) is 0 Å². The van der Waals surface area contributed by atoms with Crippen molar-refractivity contribution in [1.29, 1.82) is 0 Å². The van der Waals surface area contributed by atoms with E-state index >= 15 is 0 Å². The van der Waals surface area contributed by atoms with Crippen LogP contribution in [-0.4, -0.2) is 10.1 Å². The number of hydrogen-bond donors (Lipinski definition) is 2. The first-order valence-corrected chi connectivity index (χ1v) is 7.74. The molecular formula is C20H20N2O. The molecule has 0 amide bonds. The number of aromatic nitrogens is 1. The van der Waals surface area contributed by atoms with Gasteiger partial charge in [-0.3, -0.25) is 4.98 Å². The highest BCUT2D eigenvalue weighted by Gasteiger charge is 2.06. The van der Waals surface area contributed by atoms with Gasteiger partial charge in [0.05, 0.1) is 0 Å². The normalized spacial score (nSPS) is 12.0. The van der Waals surface area contributed by atoms with Gasteiger partial charge in [-0.15, -0.1) is 0 Å². The van der Waals surface area contributed by atoms with E-state index in [1.807, 2.05) is 24.4 Å². The first-order chi connectivity index (χ1) is 11.2. The summed E-state index contributed by atoms with van der Waals surface area (Å²) in [6.45, 7) is 2.87. The zero-order valence-electron chi connectivity index (χ0n) is 13.1. The molecule has 23 heavy (non-hydrogen) atoms. The van der Waals surface area contributed by atoms with E-state index in [4.69, 9.17) is 0 Å². The first kappa shape index (κ1) is 15.3. The number of pyridine rings is 1. The predicted octanol–water partition coefficient (Wildman–Crippen LogP) is 4.31. The van der Waals surface area contributed by atoms with E-state index in [-0.39, 0.29) is 6.04 Å². The van der Waals surface area contributed by atoms with Gasteiger partial charge in [0.25, 0.3) is 0 Å². The molecule has 0 aliphatic carbocycles. The van der Waals surface area contributed by atoms with Gasteiger partial charge >= 0.3 is 0 Å². The quantitative estimate of drug-likeness (QED) is 0.738. The van der Waals surface area contributed by atoms with Crippen molar-refractivity contribution in [3.05, 3.63) is 84.2 Å². The molecule has 2 aromatic carbocycles. The Labute approximate surface area is 136 Å². The lowest BCUT2D eigenvalue weighted by atomic mass is 10.0. The monoisotopic (exact) mass is 304 g/mol. The summed E-state index contributed by atoms with van der Waals surface area (Å²) in [6.07, 6.45) is 3.66. The van der Waals surface area contributed by atoms with Crippen molar-refractivity contribution < 1.29 is 5.11 Å². The number of phenols is 1. The van der Waals surface area contributed by atoms with Crippen LogP contribution >= 0.6 is 0 Å². The smallest absolute Gasteiger partial charge is 0.115 e. The third-order valence-electron chi connectivity index (χ3n) is 3.90. The molecule has 1 aromatic heterocycles. The summed E-state index contributed by atoms with van der Waals surface area (Å²) in [4.78, 5) is 4.17. The van der Waals surface area contributed by atoms with Crippen LogP contribution in [0.4, 0.5) is 0 Å². The Morgan fingerprint density at radius 2 is 1.83 bits per heavy atom. The molecule has 0 saturated heterocycles. The van der Waals surface area contributed by atoms with Gasteiger partial charge < -0.3 is 10.4 Å². The summed E-state index contributed by atoms with van der Waals surface area (Å²) in [6, 6.07) is 20.0. The van der Waals surface area contributed by atoms with Crippen LogP contribution in [0.2, 0.25) is 0 Å². The molecule has 3 aromatic rings. The van der Waals surface area contributed by atoms with E-state index in [2.05, 4.69) is 47.6 Å². The van der Waals surface area contributed by atoms with Crippen LogP contribution in [0, 0.1) is 0 Å². The SMILES string of the molecule is C[C@H](NCc1cccc(-c2cccnc2)c1)c1cccc(O)c1. The zero-order valence-corrected chi connectivity index (χ0v) is 13.1. The minimum Gasteiger partial charge on any atom is -0.508 e. The van der Waals surface area contributed by atoms with Crippen LogP contribution < -0.4 is 5.32 Å². The number of phenolic OH excluding ortho intramolecular Hbond substituents is 1. The third-order valence-corrected chi connectivity index (χ3v) is 3.90. The highest BCUT2D eigenvalue weighted by molar-refractivity contribution is 5.62. The van der Waals surface area contributed by atoms with Crippen LogP contribution in [-0.2, 0) is 6.54 Å². The van der Waals surface area contributed by atoms with Crippen LogP contribution in [0.15, 0.2) is 73.1 Å². The zero-order chi connectivity index (χ0) is 16.1. The fourth-order valence-electron chi connectivity index (χ4n) is 2.58. The second-order valence-corrected chi connectivity index (χ2v) is 5.64. The highest BCUT2D eigenvalue weighted by atomic mass is 16.3. The summed E-state index contributed by atoms with van der Waals surface area (Å²) in [5.41, 5.74) is 4.59. The molecule has 1 heterocycles. The number of nitrogens with zero attached hydrogens (tertiary/aromatic N) is 1. The molecule has 0 saturated carbocycles. The minimum absolute atomic E-state index is 0.171. The Morgan fingerprint density at radius 3 is 2.61 bits per heavy atom. The molecule has 3 nitrogen and oxygen atoms in total. The van der Waals surface area contributed by atoms with E-state index in [0.29, 0.717) is 5.75 Å². The lowest BCUT2D eigenvalue weighted by Crippen LogP contribution is -2.18. The van der Waals surface area contributed by atoms with E-state index in [1.54, 1.807) is 18.3 Å². The molecule has 116 valence electrons. The Hall–Kier alpha value is -2.65. The average molecular weight is 304 g/mol. The maximum atomic E-state index is 9.58. The molecule has 3 heteroatoms. The molecular weight excluding hydrogens is 284 g/mol. The van der Waals surface area contributed by atoms with Crippen LogP contribution in [0.1, 0.15) is 24.1 Å². The summed E-state index contributed by atoms with van der Waals surface area (Å²) >= 11 is 0. The predicted molar refractivity (Wildman–Crippen MR) is 93.0 cm³/mol. The molecule has 0 spiro atoms. The second-order valence-electron chi connectivity index (χ2n) is 5.64. The van der Waals surface area contributed by atoms with Crippen LogP contribution in [0.25, 0.3) is 11.1 Å². The van der Waals surface area contributed by atoms with Gasteiger partial charge in [-0.2, -0.15) is 0 Å². The van der Waals surface area contributed by atoms with Gasteiger partial charge in [0.2, 0.25) is 0 Å². The van der Waals surface area contributed by atoms with Crippen molar-refractivity contribution in [2.45, 2.75) is 19.5 Å². The highest BCUT2D eigenvalue weighted by Crippen LogP contribution is 2.21. The van der Waals surface area contributed by atoms with E-state index < -0.39 is 0 Å². The molecule has 3 rings (SSSR count). The lowest BCUT2D eigenvalue weighted by molar-refractivity contribution is 0.472. The minimum atomic E-state index is 0.171. The summed E-state index contributed by atoms with van der Waals surface area (Å²) in [5.74, 6) is 0.301. The maximum absolute atomic E-state index is 9.58. The largest absolute Gasteiger partial charge is 0.508 e. The lowest BCUT2D eigenvalue weighted by Gasteiger charge is -2.15. The summed E-state index contributed by atoms with van der Waals surface area (Å²) in [7, 11) is 0. The Bertz CT molecular complexity index is 771. The van der Waals surface area contributed by atoms with Crippen molar-refractivity contribution in [2.24, 2.45) is 0 Å². The van der Waals surface area contributed by atoms with Gasteiger partial charge in [-0.25, -0.2) is 0 Å². The fourth-order valence-corrected chi connectivity index (χ4v) is 2.58. The van der Waals surface area contributed by atoms with Gasteiger partial charge in [-0.1, -0.05) is 36.4 Å². The molecule has 0 bridgehead atoms. The molecule has 1 atom stereocenters. The topological polar surface area (TPSA) is 45.2 Å². The number of hydrogen-bond acceptors (Lipinski definition) is 3.